The molecule has 0 fully saturated rings. The Bertz CT molecular complexity index is 1520. The molecule has 0 bridgehead atoms. The minimum Gasteiger partial charge on any atom is -0.478 e. The van der Waals surface area contributed by atoms with Crippen LogP contribution in [0.15, 0.2) is 79.0 Å². The number of halogens is 1. The molecule has 6 heteroatoms. The van der Waals surface area contributed by atoms with Gasteiger partial charge < -0.3 is 5.11 Å². The summed E-state index contributed by atoms with van der Waals surface area (Å²) in [5.41, 5.74) is 6.93. The van der Waals surface area contributed by atoms with Gasteiger partial charge in [-0.2, -0.15) is 5.10 Å². The fourth-order valence-corrected chi connectivity index (χ4v) is 4.34. The minimum atomic E-state index is -0.993. The summed E-state index contributed by atoms with van der Waals surface area (Å²) in [4.78, 5) is 17.0. The molecule has 5 nitrogen and oxygen atoms in total. The number of aromatic nitrogens is 3. The zero-order chi connectivity index (χ0) is 23.1. The van der Waals surface area contributed by atoms with E-state index in [0.29, 0.717) is 21.6 Å². The average Bonchev–Trinajstić information content (AvgIpc) is 3.19. The van der Waals surface area contributed by atoms with E-state index < -0.39 is 5.97 Å². The third-order valence-corrected chi connectivity index (χ3v) is 6.05. The summed E-state index contributed by atoms with van der Waals surface area (Å²) in [6, 6.07) is 22.9. The van der Waals surface area contributed by atoms with E-state index in [2.05, 4.69) is 5.10 Å². The van der Waals surface area contributed by atoms with Crippen molar-refractivity contribution in [2.24, 2.45) is 0 Å². The zero-order valence-electron chi connectivity index (χ0n) is 18.1. The molecule has 0 aliphatic carbocycles. The molecule has 0 spiro atoms. The Morgan fingerprint density at radius 2 is 1.73 bits per heavy atom. The molecule has 0 radical (unpaired) electrons. The van der Waals surface area contributed by atoms with Gasteiger partial charge >= 0.3 is 5.97 Å². The van der Waals surface area contributed by atoms with Crippen LogP contribution in [0.4, 0.5) is 0 Å². The summed E-state index contributed by atoms with van der Waals surface area (Å²) in [7, 11) is 0. The third-order valence-electron chi connectivity index (χ3n) is 5.82. The van der Waals surface area contributed by atoms with E-state index in [1.807, 2.05) is 85.3 Å². The molecule has 5 aromatic rings. The largest absolute Gasteiger partial charge is 0.478 e. The van der Waals surface area contributed by atoms with Gasteiger partial charge in [-0.05, 0) is 66.9 Å². The number of hydrogen-bond donors (Lipinski definition) is 1. The fraction of sp³-hybridized carbons (Fsp3) is 0.0741. The monoisotopic (exact) mass is 453 g/mol. The normalized spacial score (nSPS) is 11.1. The Hall–Kier alpha value is -3.96. The van der Waals surface area contributed by atoms with E-state index in [9.17, 15) is 9.90 Å². The predicted octanol–water partition coefficient (Wildman–Crippen LogP) is 6.72. The fourth-order valence-electron chi connectivity index (χ4n) is 4.11. The number of rotatable bonds is 4. The van der Waals surface area contributed by atoms with Crippen molar-refractivity contribution in [1.29, 1.82) is 0 Å². The van der Waals surface area contributed by atoms with Crippen molar-refractivity contribution in [3.63, 3.8) is 0 Å². The van der Waals surface area contributed by atoms with E-state index in [4.69, 9.17) is 16.6 Å². The van der Waals surface area contributed by atoms with Crippen molar-refractivity contribution >= 4 is 28.5 Å². The summed E-state index contributed by atoms with van der Waals surface area (Å²) in [5, 5.41) is 15.8. The van der Waals surface area contributed by atoms with Crippen molar-refractivity contribution in [1.82, 2.24) is 14.8 Å². The molecule has 0 unspecified atom stereocenters. The zero-order valence-corrected chi connectivity index (χ0v) is 18.8. The smallest absolute Gasteiger partial charge is 0.336 e. The number of carbonyl (C=O) groups is 1. The van der Waals surface area contributed by atoms with Crippen LogP contribution in [0.3, 0.4) is 0 Å². The van der Waals surface area contributed by atoms with Crippen LogP contribution in [-0.2, 0) is 0 Å². The molecule has 0 saturated heterocycles. The summed E-state index contributed by atoms with van der Waals surface area (Å²) < 4.78 is 1.83. The van der Waals surface area contributed by atoms with Crippen molar-refractivity contribution in [2.75, 3.05) is 0 Å². The number of benzene rings is 3. The highest BCUT2D eigenvalue weighted by molar-refractivity contribution is 6.30. The van der Waals surface area contributed by atoms with Crippen LogP contribution in [-0.4, -0.2) is 25.8 Å². The molecule has 0 amide bonds. The maximum absolute atomic E-state index is 12.2. The molecule has 33 heavy (non-hydrogen) atoms. The van der Waals surface area contributed by atoms with E-state index in [1.165, 1.54) is 0 Å². The second kappa shape index (κ2) is 8.19. The van der Waals surface area contributed by atoms with Crippen LogP contribution < -0.4 is 0 Å². The summed E-state index contributed by atoms with van der Waals surface area (Å²) in [5.74, 6) is -0.993. The SMILES string of the molecule is Cc1cc(Cl)ccc1-n1ncc(-c2cc(C(=O)O)c3cc(-c4ccccc4)ccc3n2)c1C. The number of carboxylic acid groups (broad SMARTS) is 1. The second-order valence-electron chi connectivity index (χ2n) is 7.94. The van der Waals surface area contributed by atoms with Crippen LogP contribution in [0.25, 0.3) is 39.0 Å². The molecular formula is C27H20ClN3O2. The standard InChI is InChI=1S/C27H20ClN3O2/c1-16-12-20(28)9-11-26(16)31-17(2)23(15-29-31)25-14-22(27(32)33)21-13-19(8-10-24(21)30-25)18-6-4-3-5-7-18/h3-15H,1-2H3,(H,32,33). The topological polar surface area (TPSA) is 68.0 Å². The number of pyridine rings is 1. The van der Waals surface area contributed by atoms with Gasteiger partial charge in [-0.3, -0.25) is 0 Å². The Balaban J connectivity index is 1.65. The first-order valence-electron chi connectivity index (χ1n) is 10.5. The molecular weight excluding hydrogens is 434 g/mol. The van der Waals surface area contributed by atoms with Crippen molar-refractivity contribution in [3.8, 4) is 28.1 Å². The molecule has 0 saturated carbocycles. The molecule has 3 aromatic carbocycles. The molecule has 0 aliphatic rings. The number of aryl methyl sites for hydroxylation is 1. The van der Waals surface area contributed by atoms with Crippen LogP contribution >= 0.6 is 11.6 Å². The Labute approximate surface area is 195 Å². The average molecular weight is 454 g/mol. The van der Waals surface area contributed by atoms with E-state index in [1.54, 1.807) is 12.3 Å². The van der Waals surface area contributed by atoms with E-state index in [-0.39, 0.29) is 5.56 Å². The van der Waals surface area contributed by atoms with Gasteiger partial charge in [-0.1, -0.05) is 48.0 Å². The lowest BCUT2D eigenvalue weighted by atomic mass is 9.99. The number of aromatic carboxylic acids is 1. The summed E-state index contributed by atoms with van der Waals surface area (Å²) in [6.45, 7) is 3.92. The van der Waals surface area contributed by atoms with Crippen molar-refractivity contribution in [2.45, 2.75) is 13.8 Å². The highest BCUT2D eigenvalue weighted by Gasteiger charge is 2.18. The van der Waals surface area contributed by atoms with Crippen molar-refractivity contribution in [3.05, 3.63) is 101 Å². The minimum absolute atomic E-state index is 0.211. The maximum atomic E-state index is 12.2. The van der Waals surface area contributed by atoms with Gasteiger partial charge in [0.25, 0.3) is 0 Å². The maximum Gasteiger partial charge on any atom is 0.336 e. The first kappa shape index (κ1) is 20.9. The summed E-state index contributed by atoms with van der Waals surface area (Å²) >= 11 is 6.10. The van der Waals surface area contributed by atoms with Crippen molar-refractivity contribution < 1.29 is 9.90 Å². The highest BCUT2D eigenvalue weighted by Crippen LogP contribution is 2.31. The molecule has 0 atom stereocenters. The van der Waals surface area contributed by atoms with Gasteiger partial charge in [0, 0.05) is 16.0 Å². The molecule has 162 valence electrons. The Kier molecular flexibility index (Phi) is 5.19. The predicted molar refractivity (Wildman–Crippen MR) is 131 cm³/mol. The van der Waals surface area contributed by atoms with Crippen LogP contribution in [0.1, 0.15) is 21.6 Å². The lowest BCUT2D eigenvalue weighted by molar-refractivity contribution is 0.0699. The molecule has 2 aromatic heterocycles. The number of hydrogen-bond acceptors (Lipinski definition) is 3. The number of nitrogens with zero attached hydrogens (tertiary/aromatic N) is 3. The first-order chi connectivity index (χ1) is 15.9. The Morgan fingerprint density at radius 3 is 2.45 bits per heavy atom. The quantitative estimate of drug-likeness (QED) is 0.328. The van der Waals surface area contributed by atoms with E-state index >= 15 is 0 Å². The number of carboxylic acids is 1. The third kappa shape index (κ3) is 3.77. The van der Waals surface area contributed by atoms with Gasteiger partial charge in [-0.25, -0.2) is 14.5 Å². The van der Waals surface area contributed by atoms with Crippen LogP contribution in [0.2, 0.25) is 5.02 Å². The van der Waals surface area contributed by atoms with Gasteiger partial charge in [0.05, 0.1) is 34.4 Å². The van der Waals surface area contributed by atoms with Gasteiger partial charge in [0.2, 0.25) is 0 Å². The lowest BCUT2D eigenvalue weighted by Crippen LogP contribution is -2.03. The molecule has 0 aliphatic heterocycles. The van der Waals surface area contributed by atoms with Gasteiger partial charge in [0.15, 0.2) is 0 Å². The Morgan fingerprint density at radius 1 is 0.939 bits per heavy atom. The first-order valence-corrected chi connectivity index (χ1v) is 10.9. The molecule has 5 rings (SSSR count). The summed E-state index contributed by atoms with van der Waals surface area (Å²) in [6.07, 6.45) is 1.72. The molecule has 2 heterocycles. The second-order valence-corrected chi connectivity index (χ2v) is 8.38. The molecule has 1 N–H and O–H groups in total. The number of fused-ring (bicyclic) bond motifs is 1. The van der Waals surface area contributed by atoms with Crippen LogP contribution in [0.5, 0.6) is 0 Å². The highest BCUT2D eigenvalue weighted by atomic mass is 35.5. The lowest BCUT2D eigenvalue weighted by Gasteiger charge is -2.11. The van der Waals surface area contributed by atoms with Gasteiger partial charge in [0.1, 0.15) is 0 Å². The van der Waals surface area contributed by atoms with Gasteiger partial charge in [-0.15, -0.1) is 0 Å². The van der Waals surface area contributed by atoms with Crippen LogP contribution in [0, 0.1) is 13.8 Å². The van der Waals surface area contributed by atoms with E-state index in [0.717, 1.165) is 33.6 Å².